The standard InChI is InChI=1S/C24H22N4O2/c1-24(2,3)17-12-10-16(11-13-17)21-27-23(30-28-21)20-9-5-4-8-19(20)22(29)26-18-7-6-14-25-15-18/h4-15H,1-3H3,(H,26,29). The maximum Gasteiger partial charge on any atom is 0.259 e. The second-order valence-electron chi connectivity index (χ2n) is 7.99. The average molecular weight is 398 g/mol. The summed E-state index contributed by atoms with van der Waals surface area (Å²) in [5.41, 5.74) is 3.79. The van der Waals surface area contributed by atoms with E-state index in [9.17, 15) is 4.79 Å². The molecule has 0 aliphatic heterocycles. The van der Waals surface area contributed by atoms with Gasteiger partial charge in [-0.15, -0.1) is 0 Å². The van der Waals surface area contributed by atoms with Gasteiger partial charge in [-0.1, -0.05) is 62.3 Å². The number of pyridine rings is 1. The molecule has 0 saturated heterocycles. The summed E-state index contributed by atoms with van der Waals surface area (Å²) in [6.07, 6.45) is 3.24. The van der Waals surface area contributed by atoms with Crippen LogP contribution in [0, 0.1) is 0 Å². The van der Waals surface area contributed by atoms with Crippen LogP contribution in [0.2, 0.25) is 0 Å². The number of carbonyl (C=O) groups is 1. The third kappa shape index (κ3) is 4.12. The van der Waals surface area contributed by atoms with E-state index in [-0.39, 0.29) is 11.3 Å². The van der Waals surface area contributed by atoms with Gasteiger partial charge in [0, 0.05) is 11.8 Å². The van der Waals surface area contributed by atoms with Crippen LogP contribution in [0.15, 0.2) is 77.6 Å². The molecule has 6 nitrogen and oxygen atoms in total. The highest BCUT2D eigenvalue weighted by atomic mass is 16.5. The summed E-state index contributed by atoms with van der Waals surface area (Å²) in [6.45, 7) is 6.51. The maximum atomic E-state index is 12.8. The first-order valence-corrected chi connectivity index (χ1v) is 9.67. The minimum atomic E-state index is -0.270. The number of benzene rings is 2. The molecule has 2 aromatic carbocycles. The Balaban J connectivity index is 1.62. The van der Waals surface area contributed by atoms with Gasteiger partial charge in [-0.2, -0.15) is 4.98 Å². The summed E-state index contributed by atoms with van der Waals surface area (Å²) in [7, 11) is 0. The van der Waals surface area contributed by atoms with E-state index in [1.54, 1.807) is 42.7 Å². The van der Waals surface area contributed by atoms with Gasteiger partial charge >= 0.3 is 0 Å². The fraction of sp³-hybridized carbons (Fsp3) is 0.167. The molecule has 0 aliphatic rings. The molecule has 0 aliphatic carbocycles. The first kappa shape index (κ1) is 19.5. The molecular weight excluding hydrogens is 376 g/mol. The lowest BCUT2D eigenvalue weighted by Gasteiger charge is -2.18. The minimum absolute atomic E-state index is 0.0710. The van der Waals surface area contributed by atoms with E-state index in [1.807, 2.05) is 18.2 Å². The first-order valence-electron chi connectivity index (χ1n) is 9.67. The summed E-state index contributed by atoms with van der Waals surface area (Å²) in [5, 5.41) is 6.95. The van der Waals surface area contributed by atoms with Crippen LogP contribution in [0.4, 0.5) is 5.69 Å². The third-order valence-electron chi connectivity index (χ3n) is 4.76. The van der Waals surface area contributed by atoms with Crippen LogP contribution < -0.4 is 5.32 Å². The topological polar surface area (TPSA) is 80.9 Å². The molecule has 2 aromatic heterocycles. The first-order chi connectivity index (χ1) is 14.4. The normalized spacial score (nSPS) is 11.3. The predicted molar refractivity (Wildman–Crippen MR) is 116 cm³/mol. The second kappa shape index (κ2) is 7.91. The van der Waals surface area contributed by atoms with Crippen LogP contribution in [0.3, 0.4) is 0 Å². The molecule has 4 aromatic rings. The van der Waals surface area contributed by atoms with Crippen LogP contribution in [0.25, 0.3) is 22.8 Å². The smallest absolute Gasteiger partial charge is 0.259 e. The minimum Gasteiger partial charge on any atom is -0.334 e. The molecule has 0 radical (unpaired) electrons. The molecule has 150 valence electrons. The highest BCUT2D eigenvalue weighted by molar-refractivity contribution is 6.08. The SMILES string of the molecule is CC(C)(C)c1ccc(-c2noc(-c3ccccc3C(=O)Nc3cccnc3)n2)cc1. The zero-order valence-corrected chi connectivity index (χ0v) is 17.1. The Morgan fingerprint density at radius 3 is 2.43 bits per heavy atom. The fourth-order valence-corrected chi connectivity index (χ4v) is 3.07. The molecule has 6 heteroatoms. The van der Waals surface area contributed by atoms with Gasteiger partial charge in [0.15, 0.2) is 0 Å². The van der Waals surface area contributed by atoms with Crippen molar-refractivity contribution in [3.05, 3.63) is 84.2 Å². The molecule has 1 N–H and O–H groups in total. The molecule has 1 amide bonds. The van der Waals surface area contributed by atoms with Crippen molar-refractivity contribution in [1.82, 2.24) is 15.1 Å². The summed E-state index contributed by atoms with van der Waals surface area (Å²) >= 11 is 0. The Labute approximate surface area is 175 Å². The van der Waals surface area contributed by atoms with Gasteiger partial charge in [-0.05, 0) is 35.2 Å². The van der Waals surface area contributed by atoms with Crippen molar-refractivity contribution in [3.8, 4) is 22.8 Å². The Morgan fingerprint density at radius 2 is 1.73 bits per heavy atom. The Morgan fingerprint density at radius 1 is 0.967 bits per heavy atom. The van der Waals surface area contributed by atoms with E-state index in [1.165, 1.54) is 5.56 Å². The molecule has 0 saturated carbocycles. The van der Waals surface area contributed by atoms with Gasteiger partial charge in [0.25, 0.3) is 11.8 Å². The second-order valence-corrected chi connectivity index (χ2v) is 7.99. The number of hydrogen-bond donors (Lipinski definition) is 1. The predicted octanol–water partition coefficient (Wildman–Crippen LogP) is 5.35. The van der Waals surface area contributed by atoms with E-state index in [0.717, 1.165) is 5.56 Å². The summed E-state index contributed by atoms with van der Waals surface area (Å²) in [4.78, 5) is 21.3. The Kier molecular flexibility index (Phi) is 5.14. The summed E-state index contributed by atoms with van der Waals surface area (Å²) < 4.78 is 5.49. The lowest BCUT2D eigenvalue weighted by atomic mass is 9.87. The molecule has 0 spiro atoms. The molecule has 2 heterocycles. The van der Waals surface area contributed by atoms with Crippen molar-refractivity contribution in [2.45, 2.75) is 26.2 Å². The highest BCUT2D eigenvalue weighted by Gasteiger charge is 2.19. The van der Waals surface area contributed by atoms with Crippen LogP contribution in [-0.4, -0.2) is 21.0 Å². The van der Waals surface area contributed by atoms with Gasteiger partial charge in [0.2, 0.25) is 5.82 Å². The molecule has 0 unspecified atom stereocenters. The fourth-order valence-electron chi connectivity index (χ4n) is 3.07. The largest absolute Gasteiger partial charge is 0.334 e. The number of amides is 1. The Bertz CT molecular complexity index is 1160. The number of aromatic nitrogens is 3. The summed E-state index contributed by atoms with van der Waals surface area (Å²) in [6, 6.07) is 18.8. The molecular formula is C24H22N4O2. The van der Waals surface area contributed by atoms with Crippen LogP contribution in [0.1, 0.15) is 36.7 Å². The zero-order valence-electron chi connectivity index (χ0n) is 17.1. The van der Waals surface area contributed by atoms with Gasteiger partial charge < -0.3 is 9.84 Å². The number of hydrogen-bond acceptors (Lipinski definition) is 5. The van der Waals surface area contributed by atoms with E-state index in [0.29, 0.717) is 28.5 Å². The number of nitrogens with one attached hydrogen (secondary N) is 1. The van der Waals surface area contributed by atoms with E-state index >= 15 is 0 Å². The van der Waals surface area contributed by atoms with Gasteiger partial charge in [0.1, 0.15) is 0 Å². The lowest BCUT2D eigenvalue weighted by Crippen LogP contribution is -2.13. The number of rotatable bonds is 4. The zero-order chi connectivity index (χ0) is 21.1. The molecule has 0 atom stereocenters. The van der Waals surface area contributed by atoms with Crippen molar-refractivity contribution in [3.63, 3.8) is 0 Å². The van der Waals surface area contributed by atoms with E-state index in [4.69, 9.17) is 4.52 Å². The number of carbonyl (C=O) groups excluding carboxylic acids is 1. The van der Waals surface area contributed by atoms with E-state index < -0.39 is 0 Å². The molecule has 0 fully saturated rings. The van der Waals surface area contributed by atoms with E-state index in [2.05, 4.69) is 53.3 Å². The van der Waals surface area contributed by atoms with Crippen LogP contribution in [0.5, 0.6) is 0 Å². The number of anilines is 1. The Hall–Kier alpha value is -3.80. The van der Waals surface area contributed by atoms with Crippen molar-refractivity contribution in [2.75, 3.05) is 5.32 Å². The maximum absolute atomic E-state index is 12.8. The molecule has 4 rings (SSSR count). The van der Waals surface area contributed by atoms with Crippen LogP contribution in [-0.2, 0) is 5.41 Å². The van der Waals surface area contributed by atoms with Crippen molar-refractivity contribution < 1.29 is 9.32 Å². The number of nitrogens with zero attached hydrogens (tertiary/aromatic N) is 3. The molecule has 0 bridgehead atoms. The van der Waals surface area contributed by atoms with Crippen molar-refractivity contribution >= 4 is 11.6 Å². The van der Waals surface area contributed by atoms with Gasteiger partial charge in [0.05, 0.1) is 23.0 Å². The average Bonchev–Trinajstić information content (AvgIpc) is 3.24. The van der Waals surface area contributed by atoms with Gasteiger partial charge in [-0.3, -0.25) is 9.78 Å². The van der Waals surface area contributed by atoms with Crippen LogP contribution >= 0.6 is 0 Å². The monoisotopic (exact) mass is 398 g/mol. The highest BCUT2D eigenvalue weighted by Crippen LogP contribution is 2.28. The quantitative estimate of drug-likeness (QED) is 0.501. The van der Waals surface area contributed by atoms with Gasteiger partial charge in [-0.25, -0.2) is 0 Å². The van der Waals surface area contributed by atoms with Crippen molar-refractivity contribution in [1.29, 1.82) is 0 Å². The molecule has 30 heavy (non-hydrogen) atoms. The summed E-state index contributed by atoms with van der Waals surface area (Å²) in [5.74, 6) is 0.502. The van der Waals surface area contributed by atoms with Crippen molar-refractivity contribution in [2.24, 2.45) is 0 Å². The third-order valence-corrected chi connectivity index (χ3v) is 4.76. The lowest BCUT2D eigenvalue weighted by molar-refractivity contribution is 0.102.